The van der Waals surface area contributed by atoms with Crippen molar-refractivity contribution < 1.29 is 43.9 Å². The van der Waals surface area contributed by atoms with Crippen molar-refractivity contribution in [2.75, 3.05) is 0 Å². The van der Waals surface area contributed by atoms with E-state index >= 15 is 0 Å². The van der Waals surface area contributed by atoms with Gasteiger partial charge >= 0.3 is 30.1 Å². The Kier molecular flexibility index (Phi) is 7.02. The second-order valence-electron chi connectivity index (χ2n) is 4.95. The van der Waals surface area contributed by atoms with Crippen LogP contribution < -0.4 is 0 Å². The molecule has 0 unspecified atom stereocenters. The van der Waals surface area contributed by atoms with Gasteiger partial charge in [-0.2, -0.15) is 35.1 Å². The molecular formula is C12H16F10. The zero-order valence-corrected chi connectivity index (χ0v) is 11.6. The Hall–Kier alpha value is -0.700. The number of hydrogen-bond donors (Lipinski definition) is 0. The molecule has 0 aliphatic carbocycles. The maximum absolute atomic E-state index is 13.0. The molecule has 0 saturated carbocycles. The third-order valence-corrected chi connectivity index (χ3v) is 3.22. The Morgan fingerprint density at radius 3 is 1.41 bits per heavy atom. The van der Waals surface area contributed by atoms with Crippen molar-refractivity contribution in [3.63, 3.8) is 0 Å². The minimum absolute atomic E-state index is 0.482. The van der Waals surface area contributed by atoms with Crippen LogP contribution in [-0.2, 0) is 0 Å². The Morgan fingerprint density at radius 2 is 1.05 bits per heavy atom. The molecule has 0 saturated heterocycles. The van der Waals surface area contributed by atoms with Crippen molar-refractivity contribution in [2.24, 2.45) is 0 Å². The van der Waals surface area contributed by atoms with Gasteiger partial charge in [0.2, 0.25) is 0 Å². The van der Waals surface area contributed by atoms with Gasteiger partial charge in [0.15, 0.2) is 0 Å². The molecule has 0 heterocycles. The van der Waals surface area contributed by atoms with Crippen LogP contribution >= 0.6 is 0 Å². The van der Waals surface area contributed by atoms with E-state index in [0.29, 0.717) is 0 Å². The summed E-state index contributed by atoms with van der Waals surface area (Å²) in [6.07, 6.45) is -10.5. The molecule has 0 nitrogen and oxygen atoms in total. The molecule has 0 aromatic rings. The molecule has 0 rings (SSSR count). The van der Waals surface area contributed by atoms with Gasteiger partial charge in [-0.15, -0.1) is 0 Å². The van der Waals surface area contributed by atoms with Crippen LogP contribution in [0.1, 0.15) is 45.4 Å². The number of unbranched alkanes of at least 4 members (excludes halogenated alkanes) is 2. The van der Waals surface area contributed by atoms with Gasteiger partial charge in [0.1, 0.15) is 0 Å². The molecule has 0 amide bonds. The highest BCUT2D eigenvalue weighted by Crippen LogP contribution is 2.43. The molecule has 0 aliphatic heterocycles. The molecule has 0 radical (unpaired) electrons. The first-order valence-electron chi connectivity index (χ1n) is 6.50. The van der Waals surface area contributed by atoms with E-state index in [1.165, 1.54) is 0 Å². The molecule has 0 aliphatic rings. The number of alkyl halides is 10. The highest BCUT2D eigenvalue weighted by Gasteiger charge is 2.62. The van der Waals surface area contributed by atoms with Crippen molar-refractivity contribution in [3.05, 3.63) is 0 Å². The summed E-state index contributed by atoms with van der Waals surface area (Å²) in [6, 6.07) is 0. The SMILES string of the molecule is CCC(F)(F)C(F)(F)CCCCCC(F)(F)C(F)(F)C(F)F. The number of hydrogen-bond acceptors (Lipinski definition) is 0. The van der Waals surface area contributed by atoms with Crippen LogP contribution in [-0.4, -0.2) is 30.1 Å². The second kappa shape index (κ2) is 7.25. The number of rotatable bonds is 10. The van der Waals surface area contributed by atoms with Crippen LogP contribution in [0.3, 0.4) is 0 Å². The van der Waals surface area contributed by atoms with Crippen LogP contribution in [0.5, 0.6) is 0 Å². The van der Waals surface area contributed by atoms with E-state index in [9.17, 15) is 43.9 Å². The van der Waals surface area contributed by atoms with Gasteiger partial charge in [-0.05, 0) is 12.8 Å². The average molecular weight is 350 g/mol. The molecule has 134 valence electrons. The first kappa shape index (κ1) is 21.3. The summed E-state index contributed by atoms with van der Waals surface area (Å²) in [7, 11) is 0. The first-order chi connectivity index (χ1) is 9.71. The Morgan fingerprint density at radius 1 is 0.636 bits per heavy atom. The molecule has 0 bridgehead atoms. The largest absolute Gasteiger partial charge is 0.369 e. The van der Waals surface area contributed by atoms with Gasteiger partial charge in [-0.3, -0.25) is 0 Å². The van der Waals surface area contributed by atoms with E-state index < -0.39 is 68.6 Å². The topological polar surface area (TPSA) is 0 Å². The van der Waals surface area contributed by atoms with Gasteiger partial charge in [-0.25, -0.2) is 8.78 Å². The quantitative estimate of drug-likeness (QED) is 0.327. The smallest absolute Gasteiger partial charge is 0.203 e. The second-order valence-corrected chi connectivity index (χ2v) is 4.95. The fourth-order valence-corrected chi connectivity index (χ4v) is 1.64. The Labute approximate surface area is 120 Å². The summed E-state index contributed by atoms with van der Waals surface area (Å²) in [6.45, 7) is 0.848. The lowest BCUT2D eigenvalue weighted by Crippen LogP contribution is -2.46. The van der Waals surface area contributed by atoms with Crippen molar-refractivity contribution in [1.29, 1.82) is 0 Å². The van der Waals surface area contributed by atoms with Crippen LogP contribution in [0.2, 0.25) is 0 Å². The minimum Gasteiger partial charge on any atom is -0.203 e. The molecule has 0 aromatic heterocycles. The molecule has 22 heavy (non-hydrogen) atoms. The maximum atomic E-state index is 13.0. The summed E-state index contributed by atoms with van der Waals surface area (Å²) in [5.41, 5.74) is 0. The monoisotopic (exact) mass is 350 g/mol. The summed E-state index contributed by atoms with van der Waals surface area (Å²) >= 11 is 0. The lowest BCUT2D eigenvalue weighted by molar-refractivity contribution is -0.266. The Balaban J connectivity index is 4.30. The summed E-state index contributed by atoms with van der Waals surface area (Å²) in [5, 5.41) is 0. The maximum Gasteiger partial charge on any atom is 0.369 e. The fraction of sp³-hybridized carbons (Fsp3) is 1.00. The Bertz CT molecular complexity index is 337. The first-order valence-corrected chi connectivity index (χ1v) is 6.50. The highest BCUT2D eigenvalue weighted by atomic mass is 19.3. The third kappa shape index (κ3) is 4.91. The summed E-state index contributed by atoms with van der Waals surface area (Å²) in [4.78, 5) is 0. The standard InChI is InChI=1S/C12H16F10/c1-2-9(15,16)10(17,18)6-4-3-5-7-11(19,20)12(21,22)8(13)14/h8H,2-7H2,1H3. The summed E-state index contributed by atoms with van der Waals surface area (Å²) < 4.78 is 126. The van der Waals surface area contributed by atoms with E-state index in [1.807, 2.05) is 0 Å². The fourth-order valence-electron chi connectivity index (χ4n) is 1.64. The van der Waals surface area contributed by atoms with Gasteiger partial charge < -0.3 is 0 Å². The molecule has 0 atom stereocenters. The minimum atomic E-state index is -5.52. The van der Waals surface area contributed by atoms with Gasteiger partial charge in [0.25, 0.3) is 0 Å². The molecule has 0 N–H and O–H groups in total. The predicted molar refractivity (Wildman–Crippen MR) is 59.2 cm³/mol. The summed E-state index contributed by atoms with van der Waals surface area (Å²) in [5.74, 6) is -19.1. The third-order valence-electron chi connectivity index (χ3n) is 3.22. The number of halogens is 10. The van der Waals surface area contributed by atoms with Gasteiger partial charge in [0.05, 0.1) is 0 Å². The molecule has 0 spiro atoms. The highest BCUT2D eigenvalue weighted by molar-refractivity contribution is 4.87. The van der Waals surface area contributed by atoms with Crippen molar-refractivity contribution in [1.82, 2.24) is 0 Å². The van der Waals surface area contributed by atoms with E-state index in [4.69, 9.17) is 0 Å². The van der Waals surface area contributed by atoms with Crippen LogP contribution in [0.4, 0.5) is 43.9 Å². The van der Waals surface area contributed by atoms with Crippen molar-refractivity contribution in [3.8, 4) is 0 Å². The molecule has 0 aromatic carbocycles. The van der Waals surface area contributed by atoms with Crippen LogP contribution in [0.15, 0.2) is 0 Å². The van der Waals surface area contributed by atoms with E-state index in [-0.39, 0.29) is 0 Å². The van der Waals surface area contributed by atoms with Crippen molar-refractivity contribution >= 4 is 0 Å². The van der Waals surface area contributed by atoms with Crippen molar-refractivity contribution in [2.45, 2.75) is 75.6 Å². The molecule has 10 heteroatoms. The van der Waals surface area contributed by atoms with E-state index in [0.717, 1.165) is 6.92 Å². The van der Waals surface area contributed by atoms with Gasteiger partial charge in [0, 0.05) is 19.3 Å². The zero-order valence-electron chi connectivity index (χ0n) is 11.6. The zero-order chi connectivity index (χ0) is 17.8. The van der Waals surface area contributed by atoms with E-state index in [1.54, 1.807) is 0 Å². The lowest BCUT2D eigenvalue weighted by atomic mass is 9.99. The predicted octanol–water partition coefficient (Wildman–Crippen LogP) is 6.15. The molecular weight excluding hydrogens is 334 g/mol. The van der Waals surface area contributed by atoms with Gasteiger partial charge in [-0.1, -0.05) is 13.3 Å². The lowest BCUT2D eigenvalue weighted by Gasteiger charge is -2.26. The normalized spacial score (nSPS) is 14.7. The average Bonchev–Trinajstić information content (AvgIpc) is 2.37. The van der Waals surface area contributed by atoms with Crippen LogP contribution in [0.25, 0.3) is 0 Å². The molecule has 0 fully saturated rings. The van der Waals surface area contributed by atoms with E-state index in [2.05, 4.69) is 0 Å². The van der Waals surface area contributed by atoms with Crippen LogP contribution in [0, 0.1) is 0 Å².